The lowest BCUT2D eigenvalue weighted by Crippen LogP contribution is -2.28. The van der Waals surface area contributed by atoms with E-state index < -0.39 is 6.04 Å². The maximum atomic E-state index is 8.29. The van der Waals surface area contributed by atoms with E-state index in [1.807, 2.05) is 13.0 Å². The van der Waals surface area contributed by atoms with Crippen molar-refractivity contribution in [3.63, 3.8) is 0 Å². The highest BCUT2D eigenvalue weighted by Crippen LogP contribution is 1.91. The molecule has 2 N–H and O–H groups in total. The van der Waals surface area contributed by atoms with E-state index in [9.17, 15) is 0 Å². The van der Waals surface area contributed by atoms with Crippen LogP contribution in [0.2, 0.25) is 0 Å². The molecule has 0 fully saturated rings. The van der Waals surface area contributed by atoms with E-state index in [1.54, 1.807) is 7.11 Å². The maximum Gasteiger partial charge on any atom is 0.116 e. The van der Waals surface area contributed by atoms with Crippen LogP contribution in [0.3, 0.4) is 0 Å². The number of ether oxygens (including phenoxy) is 2. The first-order chi connectivity index (χ1) is 5.20. The van der Waals surface area contributed by atoms with E-state index >= 15 is 0 Å². The van der Waals surface area contributed by atoms with E-state index in [0.717, 1.165) is 0 Å². The Labute approximate surface area is 66.9 Å². The molecule has 2 unspecified atom stereocenters. The average Bonchev–Trinajstić information content (AvgIpc) is 2.01. The second-order valence-electron chi connectivity index (χ2n) is 2.33. The number of rotatable bonds is 5. The molecule has 0 amide bonds. The van der Waals surface area contributed by atoms with Gasteiger partial charge in [-0.25, -0.2) is 0 Å². The molecule has 11 heavy (non-hydrogen) atoms. The van der Waals surface area contributed by atoms with Crippen LogP contribution in [0.15, 0.2) is 0 Å². The highest BCUT2D eigenvalue weighted by Gasteiger charge is 2.04. The van der Waals surface area contributed by atoms with Crippen LogP contribution in [0.25, 0.3) is 0 Å². The van der Waals surface area contributed by atoms with Crippen LogP contribution in [0.5, 0.6) is 0 Å². The molecule has 0 aromatic heterocycles. The molecule has 0 saturated carbocycles. The van der Waals surface area contributed by atoms with E-state index in [1.165, 1.54) is 0 Å². The van der Waals surface area contributed by atoms with Crippen molar-refractivity contribution < 1.29 is 9.47 Å². The molecule has 0 aliphatic heterocycles. The van der Waals surface area contributed by atoms with Gasteiger partial charge in [0.25, 0.3) is 0 Å². The molecule has 0 aromatic carbocycles. The third kappa shape index (κ3) is 5.80. The second-order valence-corrected chi connectivity index (χ2v) is 2.33. The van der Waals surface area contributed by atoms with Crippen LogP contribution in [-0.2, 0) is 9.47 Å². The van der Waals surface area contributed by atoms with Crippen molar-refractivity contribution >= 4 is 0 Å². The van der Waals surface area contributed by atoms with E-state index in [2.05, 4.69) is 0 Å². The van der Waals surface area contributed by atoms with Crippen LogP contribution in [-0.4, -0.2) is 32.5 Å². The molecule has 0 heterocycles. The lowest BCUT2D eigenvalue weighted by Gasteiger charge is -2.12. The van der Waals surface area contributed by atoms with Gasteiger partial charge in [0.15, 0.2) is 0 Å². The number of nitriles is 1. The summed E-state index contributed by atoms with van der Waals surface area (Å²) in [5.74, 6) is 0. The van der Waals surface area contributed by atoms with Crippen molar-refractivity contribution in [3.05, 3.63) is 0 Å². The Morgan fingerprint density at radius 3 is 2.64 bits per heavy atom. The molecule has 0 rings (SSSR count). The quantitative estimate of drug-likeness (QED) is 0.606. The Balaban J connectivity index is 3.31. The van der Waals surface area contributed by atoms with Gasteiger partial charge < -0.3 is 15.2 Å². The van der Waals surface area contributed by atoms with Crippen molar-refractivity contribution in [2.45, 2.75) is 19.1 Å². The Morgan fingerprint density at radius 2 is 2.18 bits per heavy atom. The summed E-state index contributed by atoms with van der Waals surface area (Å²) in [5.41, 5.74) is 5.29. The van der Waals surface area contributed by atoms with Gasteiger partial charge in [-0.15, -0.1) is 0 Å². The second kappa shape index (κ2) is 6.10. The summed E-state index contributed by atoms with van der Waals surface area (Å²) in [5, 5.41) is 8.29. The molecular formula is C7H14N2O2. The molecule has 0 bridgehead atoms. The highest BCUT2D eigenvalue weighted by molar-refractivity contribution is 4.86. The van der Waals surface area contributed by atoms with Crippen LogP contribution in [0.1, 0.15) is 6.92 Å². The normalized spacial score (nSPS) is 15.5. The fourth-order valence-corrected chi connectivity index (χ4v) is 0.588. The van der Waals surface area contributed by atoms with Crippen molar-refractivity contribution in [2.24, 2.45) is 5.73 Å². The molecule has 2 atom stereocenters. The fourth-order valence-electron chi connectivity index (χ4n) is 0.588. The summed E-state index contributed by atoms with van der Waals surface area (Å²) in [7, 11) is 1.60. The molecular weight excluding hydrogens is 144 g/mol. The maximum absolute atomic E-state index is 8.29. The summed E-state index contributed by atoms with van der Waals surface area (Å²) >= 11 is 0. The average molecular weight is 158 g/mol. The zero-order valence-electron chi connectivity index (χ0n) is 6.91. The molecule has 4 heteroatoms. The van der Waals surface area contributed by atoms with E-state index in [4.69, 9.17) is 20.5 Å². The first kappa shape index (κ1) is 10.4. The Hall–Kier alpha value is -0.630. The van der Waals surface area contributed by atoms with Gasteiger partial charge in [-0.05, 0) is 6.92 Å². The monoisotopic (exact) mass is 158 g/mol. The highest BCUT2D eigenvalue weighted by atomic mass is 16.5. The van der Waals surface area contributed by atoms with Gasteiger partial charge in [0.05, 0.1) is 25.4 Å². The zero-order valence-corrected chi connectivity index (χ0v) is 6.91. The van der Waals surface area contributed by atoms with Crippen molar-refractivity contribution in [1.29, 1.82) is 5.26 Å². The first-order valence-electron chi connectivity index (χ1n) is 3.46. The Bertz CT molecular complexity index is 133. The minimum Gasteiger partial charge on any atom is -0.382 e. The van der Waals surface area contributed by atoms with Crippen LogP contribution < -0.4 is 5.73 Å². The summed E-state index contributed by atoms with van der Waals surface area (Å²) in [6.45, 7) is 2.66. The van der Waals surface area contributed by atoms with Gasteiger partial charge in [-0.3, -0.25) is 0 Å². The van der Waals surface area contributed by atoms with E-state index in [-0.39, 0.29) is 12.7 Å². The zero-order chi connectivity index (χ0) is 8.69. The third-order valence-electron chi connectivity index (χ3n) is 1.13. The van der Waals surface area contributed by atoms with Crippen molar-refractivity contribution in [1.82, 2.24) is 0 Å². The third-order valence-corrected chi connectivity index (χ3v) is 1.13. The number of hydrogen-bond donors (Lipinski definition) is 1. The molecule has 0 aliphatic carbocycles. The summed E-state index contributed by atoms with van der Waals surface area (Å²) in [6.07, 6.45) is -0.000556. The Morgan fingerprint density at radius 1 is 1.55 bits per heavy atom. The summed E-state index contributed by atoms with van der Waals surface area (Å²) < 4.78 is 9.98. The van der Waals surface area contributed by atoms with E-state index in [0.29, 0.717) is 6.61 Å². The van der Waals surface area contributed by atoms with Crippen molar-refractivity contribution in [3.8, 4) is 6.07 Å². The van der Waals surface area contributed by atoms with Gasteiger partial charge in [0.1, 0.15) is 6.04 Å². The molecule has 0 saturated heterocycles. The smallest absolute Gasteiger partial charge is 0.116 e. The number of nitrogens with zero attached hydrogens (tertiary/aromatic N) is 1. The molecule has 4 nitrogen and oxygen atoms in total. The number of nitrogens with two attached hydrogens (primary N) is 1. The minimum atomic E-state index is -0.533. The summed E-state index contributed by atoms with van der Waals surface area (Å²) in [6, 6.07) is 1.34. The molecule has 0 aromatic rings. The van der Waals surface area contributed by atoms with Crippen LogP contribution in [0, 0.1) is 11.3 Å². The fraction of sp³-hybridized carbons (Fsp3) is 0.857. The van der Waals surface area contributed by atoms with Crippen LogP contribution in [0.4, 0.5) is 0 Å². The van der Waals surface area contributed by atoms with Gasteiger partial charge in [0, 0.05) is 7.11 Å². The first-order valence-corrected chi connectivity index (χ1v) is 3.46. The molecule has 0 radical (unpaired) electrons. The standard InChI is InChI=1S/C7H14N2O2/c1-6(4-10-2)11-5-7(9)3-8/h6-7H,4-5,9H2,1-2H3. The topological polar surface area (TPSA) is 68.3 Å². The number of hydrogen-bond acceptors (Lipinski definition) is 4. The predicted molar refractivity (Wildman–Crippen MR) is 40.9 cm³/mol. The van der Waals surface area contributed by atoms with Gasteiger partial charge in [-0.1, -0.05) is 0 Å². The SMILES string of the molecule is COCC(C)OCC(N)C#N. The number of methoxy groups -OCH3 is 1. The molecule has 0 aliphatic rings. The van der Waals surface area contributed by atoms with Gasteiger partial charge in [0.2, 0.25) is 0 Å². The van der Waals surface area contributed by atoms with Gasteiger partial charge >= 0.3 is 0 Å². The summed E-state index contributed by atoms with van der Waals surface area (Å²) in [4.78, 5) is 0. The molecule has 64 valence electrons. The Kier molecular flexibility index (Phi) is 5.75. The van der Waals surface area contributed by atoms with Crippen LogP contribution >= 0.6 is 0 Å². The predicted octanol–water partition coefficient (Wildman–Crippen LogP) is -0.111. The largest absolute Gasteiger partial charge is 0.382 e. The minimum absolute atomic E-state index is 0.000556. The van der Waals surface area contributed by atoms with Crippen molar-refractivity contribution in [2.75, 3.05) is 20.3 Å². The van der Waals surface area contributed by atoms with Gasteiger partial charge in [-0.2, -0.15) is 5.26 Å². The lowest BCUT2D eigenvalue weighted by atomic mass is 10.3. The lowest BCUT2D eigenvalue weighted by molar-refractivity contribution is 0.00791. The molecule has 0 spiro atoms.